The molecule has 0 saturated carbocycles. The van der Waals surface area contributed by atoms with Crippen molar-refractivity contribution in [3.8, 4) is 0 Å². The van der Waals surface area contributed by atoms with E-state index >= 15 is 0 Å². The van der Waals surface area contributed by atoms with Crippen molar-refractivity contribution in [2.45, 2.75) is 64.1 Å². The first kappa shape index (κ1) is 17.7. The van der Waals surface area contributed by atoms with Crippen LogP contribution in [0.1, 0.15) is 51.9 Å². The zero-order valence-corrected chi connectivity index (χ0v) is 13.2. The molecule has 120 valence electrons. The summed E-state index contributed by atoms with van der Waals surface area (Å²) < 4.78 is 14.8. The summed E-state index contributed by atoms with van der Waals surface area (Å²) in [5, 5.41) is 0. The van der Waals surface area contributed by atoms with Crippen molar-refractivity contribution in [2.75, 3.05) is 14.2 Å². The minimum absolute atomic E-state index is 0.0741. The Morgan fingerprint density at radius 1 is 1.10 bits per heavy atom. The fourth-order valence-corrected chi connectivity index (χ4v) is 2.24. The molecule has 21 heavy (non-hydrogen) atoms. The molecule has 0 radical (unpaired) electrons. The summed E-state index contributed by atoms with van der Waals surface area (Å²) >= 11 is 0. The molecule has 1 aliphatic rings. The van der Waals surface area contributed by atoms with Gasteiger partial charge in [0.05, 0.1) is 26.7 Å². The van der Waals surface area contributed by atoms with E-state index in [9.17, 15) is 9.59 Å². The summed E-state index contributed by atoms with van der Waals surface area (Å²) in [4.78, 5) is 22.9. The Bertz CT molecular complexity index is 375. The highest BCUT2D eigenvalue weighted by Gasteiger charge is 2.37. The Morgan fingerprint density at radius 2 is 1.81 bits per heavy atom. The minimum atomic E-state index is -0.502. The molecule has 5 nitrogen and oxygen atoms in total. The van der Waals surface area contributed by atoms with Crippen molar-refractivity contribution in [3.05, 3.63) is 11.6 Å². The van der Waals surface area contributed by atoms with Crippen LogP contribution in [0.2, 0.25) is 0 Å². The molecule has 0 aromatic heterocycles. The van der Waals surface area contributed by atoms with Gasteiger partial charge >= 0.3 is 11.9 Å². The van der Waals surface area contributed by atoms with Crippen LogP contribution in [-0.4, -0.2) is 38.4 Å². The number of esters is 2. The molecule has 0 aliphatic carbocycles. The zero-order valence-electron chi connectivity index (χ0n) is 13.2. The van der Waals surface area contributed by atoms with Crippen LogP contribution >= 0.6 is 0 Å². The Hall–Kier alpha value is -1.36. The van der Waals surface area contributed by atoms with Crippen LogP contribution in [-0.2, 0) is 23.8 Å². The molecule has 2 atom stereocenters. The van der Waals surface area contributed by atoms with E-state index in [4.69, 9.17) is 4.74 Å². The maximum atomic E-state index is 11.6. The number of hydrogen-bond donors (Lipinski definition) is 0. The number of epoxide rings is 1. The third kappa shape index (κ3) is 6.76. The van der Waals surface area contributed by atoms with Crippen molar-refractivity contribution in [1.82, 2.24) is 0 Å². The highest BCUT2D eigenvalue weighted by atomic mass is 16.6. The quantitative estimate of drug-likeness (QED) is 0.268. The standard InChI is InChI=1S/C16H26O5/c1-4-5-6-7-8-9-13-14(21-13)10-12(16(18)20-3)11-15(17)19-2/h10,13-14H,4-9,11H2,1-3H3/t13-,14-/m0/s1. The van der Waals surface area contributed by atoms with Crippen LogP contribution in [0.5, 0.6) is 0 Å². The monoisotopic (exact) mass is 298 g/mol. The first-order valence-electron chi connectivity index (χ1n) is 7.63. The van der Waals surface area contributed by atoms with Crippen LogP contribution in [0.3, 0.4) is 0 Å². The lowest BCUT2D eigenvalue weighted by Crippen LogP contribution is -2.12. The third-order valence-electron chi connectivity index (χ3n) is 3.59. The van der Waals surface area contributed by atoms with Gasteiger partial charge in [0.15, 0.2) is 0 Å². The topological polar surface area (TPSA) is 65.1 Å². The molecule has 1 aliphatic heterocycles. The maximum Gasteiger partial charge on any atom is 0.334 e. The Labute approximate surface area is 126 Å². The predicted molar refractivity (Wildman–Crippen MR) is 78.8 cm³/mol. The summed E-state index contributed by atoms with van der Waals surface area (Å²) in [5.41, 5.74) is 0.308. The van der Waals surface area contributed by atoms with E-state index in [-0.39, 0.29) is 18.6 Å². The lowest BCUT2D eigenvalue weighted by atomic mass is 10.1. The number of methoxy groups -OCH3 is 2. The number of carbonyl (C=O) groups is 2. The lowest BCUT2D eigenvalue weighted by molar-refractivity contribution is -0.143. The minimum Gasteiger partial charge on any atom is -0.469 e. The first-order valence-corrected chi connectivity index (χ1v) is 7.63. The molecule has 0 aromatic carbocycles. The summed E-state index contributed by atoms with van der Waals surface area (Å²) in [6, 6.07) is 0. The summed E-state index contributed by atoms with van der Waals surface area (Å²) in [5.74, 6) is -0.957. The average Bonchev–Trinajstić information content (AvgIpc) is 3.23. The van der Waals surface area contributed by atoms with Crippen molar-refractivity contribution in [2.24, 2.45) is 0 Å². The largest absolute Gasteiger partial charge is 0.469 e. The highest BCUT2D eigenvalue weighted by Crippen LogP contribution is 2.30. The SMILES string of the molecule is CCCCCCC[C@@H]1O[C@H]1C=C(CC(=O)OC)C(=O)OC. The smallest absolute Gasteiger partial charge is 0.334 e. The van der Waals surface area contributed by atoms with E-state index in [0.29, 0.717) is 5.57 Å². The predicted octanol–water partition coefficient (Wildman–Crippen LogP) is 2.78. The third-order valence-corrected chi connectivity index (χ3v) is 3.59. The molecule has 1 heterocycles. The Balaban J connectivity index is 2.37. The molecule has 5 heteroatoms. The van der Waals surface area contributed by atoms with Crippen LogP contribution in [0.15, 0.2) is 11.6 Å². The van der Waals surface area contributed by atoms with Gasteiger partial charge in [0, 0.05) is 5.57 Å². The molecule has 0 amide bonds. The van der Waals surface area contributed by atoms with Crippen molar-refractivity contribution in [1.29, 1.82) is 0 Å². The van der Waals surface area contributed by atoms with Gasteiger partial charge in [-0.25, -0.2) is 4.79 Å². The van der Waals surface area contributed by atoms with Crippen molar-refractivity contribution < 1.29 is 23.8 Å². The van der Waals surface area contributed by atoms with E-state index in [1.165, 1.54) is 39.9 Å². The fraction of sp³-hybridized carbons (Fsp3) is 0.750. The normalized spacial score (nSPS) is 21.0. The number of unbranched alkanes of at least 4 members (excludes halogenated alkanes) is 4. The van der Waals surface area contributed by atoms with Gasteiger partial charge in [-0.15, -0.1) is 0 Å². The van der Waals surface area contributed by atoms with E-state index in [0.717, 1.165) is 12.8 Å². The fourth-order valence-electron chi connectivity index (χ4n) is 2.24. The van der Waals surface area contributed by atoms with Crippen LogP contribution in [0, 0.1) is 0 Å². The summed E-state index contributed by atoms with van der Waals surface area (Å²) in [6.07, 6.45) is 8.85. The number of carbonyl (C=O) groups excluding carboxylic acids is 2. The van der Waals surface area contributed by atoms with Crippen LogP contribution < -0.4 is 0 Å². The van der Waals surface area contributed by atoms with E-state index < -0.39 is 11.9 Å². The van der Waals surface area contributed by atoms with Crippen molar-refractivity contribution >= 4 is 11.9 Å². The van der Waals surface area contributed by atoms with Gasteiger partial charge in [0.2, 0.25) is 0 Å². The molecule has 0 aromatic rings. The van der Waals surface area contributed by atoms with Crippen molar-refractivity contribution in [3.63, 3.8) is 0 Å². The summed E-state index contributed by atoms with van der Waals surface area (Å²) in [7, 11) is 2.59. The molecular weight excluding hydrogens is 272 g/mol. The van der Waals surface area contributed by atoms with Crippen LogP contribution in [0.4, 0.5) is 0 Å². The van der Waals surface area contributed by atoms with Gasteiger partial charge < -0.3 is 14.2 Å². The van der Waals surface area contributed by atoms with Gasteiger partial charge in [0.25, 0.3) is 0 Å². The number of hydrogen-bond acceptors (Lipinski definition) is 5. The van der Waals surface area contributed by atoms with E-state index in [1.54, 1.807) is 6.08 Å². The first-order chi connectivity index (χ1) is 10.1. The van der Waals surface area contributed by atoms with Gasteiger partial charge in [-0.1, -0.05) is 39.0 Å². The molecule has 0 N–H and O–H groups in total. The van der Waals surface area contributed by atoms with Gasteiger partial charge in [-0.3, -0.25) is 4.79 Å². The Morgan fingerprint density at radius 3 is 2.43 bits per heavy atom. The average molecular weight is 298 g/mol. The second-order valence-electron chi connectivity index (χ2n) is 5.28. The van der Waals surface area contributed by atoms with E-state index in [2.05, 4.69) is 16.4 Å². The molecule has 0 spiro atoms. The molecule has 0 unspecified atom stereocenters. The zero-order chi connectivity index (χ0) is 15.7. The molecule has 1 saturated heterocycles. The molecular formula is C16H26O5. The second-order valence-corrected chi connectivity index (χ2v) is 5.28. The van der Waals surface area contributed by atoms with Gasteiger partial charge in [-0.05, 0) is 12.5 Å². The molecule has 1 rings (SSSR count). The second kappa shape index (κ2) is 9.55. The number of ether oxygens (including phenoxy) is 3. The molecule has 1 fully saturated rings. The summed E-state index contributed by atoms with van der Waals surface area (Å²) in [6.45, 7) is 2.19. The maximum absolute atomic E-state index is 11.6. The Kier molecular flexibility index (Phi) is 8.05. The number of rotatable bonds is 10. The van der Waals surface area contributed by atoms with Gasteiger partial charge in [-0.2, -0.15) is 0 Å². The molecule has 0 bridgehead atoms. The van der Waals surface area contributed by atoms with Gasteiger partial charge in [0.1, 0.15) is 6.10 Å². The van der Waals surface area contributed by atoms with E-state index in [1.807, 2.05) is 0 Å². The van der Waals surface area contributed by atoms with Crippen LogP contribution in [0.25, 0.3) is 0 Å². The lowest BCUT2D eigenvalue weighted by Gasteiger charge is -2.03. The highest BCUT2D eigenvalue weighted by molar-refractivity contribution is 5.93.